The highest BCUT2D eigenvalue weighted by atomic mass is 16.7. The van der Waals surface area contributed by atoms with Gasteiger partial charge in [-0.15, -0.1) is 0 Å². The molecule has 1 unspecified atom stereocenters. The maximum atomic E-state index is 8.94. The zero-order valence-corrected chi connectivity index (χ0v) is 14.5. The van der Waals surface area contributed by atoms with E-state index in [4.69, 9.17) is 14.7 Å². The summed E-state index contributed by atoms with van der Waals surface area (Å²) in [5.41, 5.74) is 0. The minimum atomic E-state index is -0.0642. The van der Waals surface area contributed by atoms with E-state index in [2.05, 4.69) is 13.0 Å². The Morgan fingerprint density at radius 3 is 2.32 bits per heavy atom. The number of unbranched alkanes of at least 4 members (excludes halogenated alkanes) is 8. The molecule has 0 aromatic rings. The second kappa shape index (κ2) is 14.0. The monoisotopic (exact) mass is 309 g/mol. The highest BCUT2D eigenvalue weighted by Crippen LogP contribution is 2.20. The van der Waals surface area contributed by atoms with Crippen molar-refractivity contribution in [3.8, 4) is 6.07 Å². The van der Waals surface area contributed by atoms with Gasteiger partial charge in [-0.25, -0.2) is 0 Å². The van der Waals surface area contributed by atoms with E-state index in [9.17, 15) is 0 Å². The molecule has 0 spiro atoms. The van der Waals surface area contributed by atoms with Crippen LogP contribution in [-0.4, -0.2) is 19.0 Å². The molecule has 1 aliphatic rings. The Balaban J connectivity index is 2.00. The van der Waals surface area contributed by atoms with Crippen molar-refractivity contribution in [2.45, 2.75) is 109 Å². The molecule has 22 heavy (non-hydrogen) atoms. The molecular weight excluding hydrogens is 274 g/mol. The molecule has 1 fully saturated rings. The highest BCUT2D eigenvalue weighted by Gasteiger charge is 2.19. The van der Waals surface area contributed by atoms with Crippen molar-refractivity contribution in [2.75, 3.05) is 6.61 Å². The third-order valence-corrected chi connectivity index (χ3v) is 4.43. The van der Waals surface area contributed by atoms with Crippen LogP contribution in [0.15, 0.2) is 0 Å². The van der Waals surface area contributed by atoms with Crippen LogP contribution in [0.25, 0.3) is 0 Å². The molecule has 0 radical (unpaired) electrons. The van der Waals surface area contributed by atoms with E-state index >= 15 is 0 Å². The maximum absolute atomic E-state index is 8.94. The van der Waals surface area contributed by atoms with Gasteiger partial charge in [-0.2, -0.15) is 5.26 Å². The first kappa shape index (κ1) is 19.5. The first-order valence-corrected chi connectivity index (χ1v) is 9.50. The van der Waals surface area contributed by atoms with E-state index in [1.165, 1.54) is 64.2 Å². The minimum Gasteiger partial charge on any atom is -0.353 e. The molecule has 0 aromatic heterocycles. The summed E-state index contributed by atoms with van der Waals surface area (Å²) in [7, 11) is 0. The highest BCUT2D eigenvalue weighted by molar-refractivity contribution is 4.77. The zero-order valence-electron chi connectivity index (χ0n) is 14.5. The van der Waals surface area contributed by atoms with Gasteiger partial charge in [0.2, 0.25) is 0 Å². The number of rotatable bonds is 13. The van der Waals surface area contributed by atoms with Crippen molar-refractivity contribution in [1.82, 2.24) is 0 Å². The average molecular weight is 309 g/mol. The van der Waals surface area contributed by atoms with Crippen molar-refractivity contribution in [2.24, 2.45) is 0 Å². The fourth-order valence-corrected chi connectivity index (χ4v) is 3.04. The van der Waals surface area contributed by atoms with Crippen molar-refractivity contribution in [3.63, 3.8) is 0 Å². The summed E-state index contributed by atoms with van der Waals surface area (Å²) in [6.07, 6.45) is 16.8. The van der Waals surface area contributed by atoms with Crippen LogP contribution < -0.4 is 0 Å². The second-order valence-electron chi connectivity index (χ2n) is 6.53. The number of hydrogen-bond donors (Lipinski definition) is 0. The summed E-state index contributed by atoms with van der Waals surface area (Å²) >= 11 is 0. The van der Waals surface area contributed by atoms with E-state index in [0.29, 0.717) is 6.42 Å². The summed E-state index contributed by atoms with van der Waals surface area (Å²) in [4.78, 5) is 0. The standard InChI is InChI=1S/C19H35NO2/c1-2-3-4-5-6-7-8-9-10-13-18(15-16-20)22-19-14-11-12-17-21-19/h18-19H,2-15,17H2,1H3/t18-,19?/m1/s1. The van der Waals surface area contributed by atoms with Gasteiger partial charge < -0.3 is 9.47 Å². The first-order valence-electron chi connectivity index (χ1n) is 9.50. The topological polar surface area (TPSA) is 42.2 Å². The summed E-state index contributed by atoms with van der Waals surface area (Å²) in [6, 6.07) is 2.26. The minimum absolute atomic E-state index is 0.0642. The van der Waals surface area contributed by atoms with E-state index in [1.807, 2.05) is 0 Å². The third kappa shape index (κ3) is 10.2. The Bertz CT molecular complexity index is 282. The molecule has 0 aliphatic carbocycles. The van der Waals surface area contributed by atoms with Crippen LogP contribution in [0.1, 0.15) is 96.8 Å². The Hall–Kier alpha value is -0.590. The fraction of sp³-hybridized carbons (Fsp3) is 0.947. The molecule has 0 amide bonds. The Morgan fingerprint density at radius 1 is 1.05 bits per heavy atom. The van der Waals surface area contributed by atoms with Crippen molar-refractivity contribution in [1.29, 1.82) is 5.26 Å². The summed E-state index contributed by atoms with van der Waals surface area (Å²) in [5, 5.41) is 8.94. The van der Waals surface area contributed by atoms with Gasteiger partial charge in [-0.3, -0.25) is 0 Å². The maximum Gasteiger partial charge on any atom is 0.157 e. The van der Waals surface area contributed by atoms with Gasteiger partial charge in [0.15, 0.2) is 6.29 Å². The average Bonchev–Trinajstić information content (AvgIpc) is 2.54. The van der Waals surface area contributed by atoms with Crippen molar-refractivity contribution >= 4 is 0 Å². The van der Waals surface area contributed by atoms with Gasteiger partial charge in [-0.1, -0.05) is 64.7 Å². The van der Waals surface area contributed by atoms with E-state index < -0.39 is 0 Å². The summed E-state index contributed by atoms with van der Waals surface area (Å²) < 4.78 is 11.6. The van der Waals surface area contributed by atoms with Gasteiger partial charge in [-0.05, 0) is 25.7 Å². The van der Waals surface area contributed by atoms with Crippen LogP contribution >= 0.6 is 0 Å². The summed E-state index contributed by atoms with van der Waals surface area (Å²) in [5.74, 6) is 0. The predicted molar refractivity (Wildman–Crippen MR) is 90.5 cm³/mol. The molecule has 1 saturated heterocycles. The fourth-order valence-electron chi connectivity index (χ4n) is 3.04. The molecule has 0 saturated carbocycles. The van der Waals surface area contributed by atoms with Gasteiger partial charge in [0.1, 0.15) is 0 Å². The number of ether oxygens (including phenoxy) is 2. The molecular formula is C19H35NO2. The molecule has 0 bridgehead atoms. The van der Waals surface area contributed by atoms with Gasteiger partial charge in [0.25, 0.3) is 0 Å². The molecule has 1 aliphatic heterocycles. The van der Waals surface area contributed by atoms with Gasteiger partial charge in [0, 0.05) is 6.61 Å². The lowest BCUT2D eigenvalue weighted by atomic mass is 10.0. The van der Waals surface area contributed by atoms with Gasteiger partial charge >= 0.3 is 0 Å². The normalized spacial score (nSPS) is 19.7. The molecule has 128 valence electrons. The van der Waals surface area contributed by atoms with Crippen LogP contribution in [0.4, 0.5) is 0 Å². The molecule has 3 nitrogen and oxygen atoms in total. The lowest BCUT2D eigenvalue weighted by molar-refractivity contribution is -0.188. The first-order chi connectivity index (χ1) is 10.9. The van der Waals surface area contributed by atoms with Crippen molar-refractivity contribution in [3.05, 3.63) is 0 Å². The van der Waals surface area contributed by atoms with E-state index in [0.717, 1.165) is 25.9 Å². The Morgan fingerprint density at radius 2 is 1.73 bits per heavy atom. The van der Waals surface area contributed by atoms with Gasteiger partial charge in [0.05, 0.1) is 18.6 Å². The molecule has 1 heterocycles. The molecule has 3 heteroatoms. The largest absolute Gasteiger partial charge is 0.353 e. The van der Waals surface area contributed by atoms with Crippen molar-refractivity contribution < 1.29 is 9.47 Å². The van der Waals surface area contributed by atoms with E-state index in [-0.39, 0.29) is 12.4 Å². The SMILES string of the molecule is CCCCCCCCCCC[C@H](CC#N)OC1CCCCO1. The molecule has 1 rings (SSSR count). The molecule has 0 N–H and O–H groups in total. The quantitative estimate of drug-likeness (QED) is 0.408. The Kier molecular flexibility index (Phi) is 12.4. The lowest BCUT2D eigenvalue weighted by Crippen LogP contribution is -2.27. The number of nitrogens with zero attached hydrogens (tertiary/aromatic N) is 1. The second-order valence-corrected chi connectivity index (χ2v) is 6.53. The van der Waals surface area contributed by atoms with Crippen LogP contribution in [-0.2, 0) is 9.47 Å². The van der Waals surface area contributed by atoms with Crippen LogP contribution in [0.3, 0.4) is 0 Å². The zero-order chi connectivity index (χ0) is 15.9. The lowest BCUT2D eigenvalue weighted by Gasteiger charge is -2.26. The molecule has 0 aromatic carbocycles. The predicted octanol–water partition coefficient (Wildman–Crippen LogP) is 5.73. The smallest absolute Gasteiger partial charge is 0.157 e. The number of nitriles is 1. The Labute approximate surface area is 137 Å². The van der Waals surface area contributed by atoms with Crippen LogP contribution in [0, 0.1) is 11.3 Å². The van der Waals surface area contributed by atoms with E-state index in [1.54, 1.807) is 0 Å². The molecule has 2 atom stereocenters. The van der Waals surface area contributed by atoms with Crippen LogP contribution in [0.5, 0.6) is 0 Å². The van der Waals surface area contributed by atoms with Crippen LogP contribution in [0.2, 0.25) is 0 Å². The third-order valence-electron chi connectivity index (χ3n) is 4.43. The summed E-state index contributed by atoms with van der Waals surface area (Å²) in [6.45, 7) is 3.07. The number of hydrogen-bond acceptors (Lipinski definition) is 3.